The van der Waals surface area contributed by atoms with Crippen LogP contribution in [0, 0.1) is 5.92 Å². The van der Waals surface area contributed by atoms with Crippen molar-refractivity contribution < 1.29 is 5.11 Å². The van der Waals surface area contributed by atoms with Gasteiger partial charge in [-0.25, -0.2) is 0 Å². The lowest BCUT2D eigenvalue weighted by Crippen LogP contribution is -2.52. The summed E-state index contributed by atoms with van der Waals surface area (Å²) in [5, 5.41) is 10.2. The van der Waals surface area contributed by atoms with Crippen LogP contribution in [0.1, 0.15) is 46.0 Å². The van der Waals surface area contributed by atoms with Crippen LogP contribution in [0.4, 0.5) is 0 Å². The average molecular weight is 171 g/mol. The second kappa shape index (κ2) is 3.75. The van der Waals surface area contributed by atoms with Crippen molar-refractivity contribution in [1.29, 1.82) is 0 Å². The summed E-state index contributed by atoms with van der Waals surface area (Å²) in [6, 6.07) is -0.0437. The number of aliphatic hydroxyl groups is 1. The maximum Gasteiger partial charge on any atom is 0.0800 e. The smallest absolute Gasteiger partial charge is 0.0800 e. The molecular weight excluding hydrogens is 150 g/mol. The molecule has 0 saturated heterocycles. The molecule has 0 aromatic carbocycles. The summed E-state index contributed by atoms with van der Waals surface area (Å²) in [5.74, 6) is 0.382. The lowest BCUT2D eigenvalue weighted by atomic mass is 9.76. The molecule has 1 rings (SSSR count). The largest absolute Gasteiger partial charge is 0.388 e. The Morgan fingerprint density at radius 1 is 1.17 bits per heavy atom. The van der Waals surface area contributed by atoms with Crippen molar-refractivity contribution in [3.8, 4) is 0 Å². The fourth-order valence-corrected chi connectivity index (χ4v) is 2.12. The molecule has 0 amide bonds. The number of rotatable bonds is 2. The molecule has 2 nitrogen and oxygen atoms in total. The molecule has 1 saturated carbocycles. The van der Waals surface area contributed by atoms with E-state index in [1.165, 1.54) is 6.42 Å². The third kappa shape index (κ3) is 1.99. The molecule has 0 spiro atoms. The van der Waals surface area contributed by atoms with Crippen LogP contribution >= 0.6 is 0 Å². The average Bonchev–Trinajstić information content (AvgIpc) is 2.04. The topological polar surface area (TPSA) is 46.2 Å². The molecule has 0 aromatic rings. The van der Waals surface area contributed by atoms with Crippen molar-refractivity contribution >= 4 is 0 Å². The van der Waals surface area contributed by atoms with Crippen LogP contribution in [-0.2, 0) is 0 Å². The Bertz CT molecular complexity index is 139. The van der Waals surface area contributed by atoms with E-state index < -0.39 is 5.60 Å². The van der Waals surface area contributed by atoms with Gasteiger partial charge in [-0.1, -0.05) is 33.1 Å². The molecule has 0 aromatic heterocycles. The summed E-state index contributed by atoms with van der Waals surface area (Å²) >= 11 is 0. The first-order valence-electron chi connectivity index (χ1n) is 5.04. The van der Waals surface area contributed by atoms with Crippen molar-refractivity contribution in [2.75, 3.05) is 0 Å². The number of hydrogen-bond acceptors (Lipinski definition) is 2. The Hall–Kier alpha value is -0.0800. The highest BCUT2D eigenvalue weighted by Crippen LogP contribution is 2.32. The lowest BCUT2D eigenvalue weighted by molar-refractivity contribution is -0.0314. The van der Waals surface area contributed by atoms with Gasteiger partial charge in [-0.2, -0.15) is 0 Å². The van der Waals surface area contributed by atoms with E-state index in [4.69, 9.17) is 5.73 Å². The van der Waals surface area contributed by atoms with Gasteiger partial charge in [0, 0.05) is 6.04 Å². The summed E-state index contributed by atoms with van der Waals surface area (Å²) < 4.78 is 0. The first-order valence-corrected chi connectivity index (χ1v) is 5.04. The van der Waals surface area contributed by atoms with E-state index in [1.54, 1.807) is 0 Å². The first-order chi connectivity index (χ1) is 5.56. The molecule has 12 heavy (non-hydrogen) atoms. The molecule has 0 bridgehead atoms. The third-order valence-electron chi connectivity index (χ3n) is 3.06. The van der Waals surface area contributed by atoms with Gasteiger partial charge in [0.25, 0.3) is 0 Å². The Balaban J connectivity index is 2.56. The SMILES string of the molecule is CC(C)C(N)C1(O)CCCCC1. The van der Waals surface area contributed by atoms with Gasteiger partial charge in [0.2, 0.25) is 0 Å². The van der Waals surface area contributed by atoms with E-state index in [0.717, 1.165) is 25.7 Å². The molecule has 1 aliphatic carbocycles. The van der Waals surface area contributed by atoms with Gasteiger partial charge in [0.15, 0.2) is 0 Å². The van der Waals surface area contributed by atoms with Gasteiger partial charge in [-0.15, -0.1) is 0 Å². The van der Waals surface area contributed by atoms with Gasteiger partial charge in [-0.3, -0.25) is 0 Å². The van der Waals surface area contributed by atoms with Gasteiger partial charge < -0.3 is 10.8 Å². The molecule has 2 heteroatoms. The predicted octanol–water partition coefficient (Wildman–Crippen LogP) is 1.66. The molecular formula is C10H21NO. The van der Waals surface area contributed by atoms with Crippen LogP contribution in [0.25, 0.3) is 0 Å². The first kappa shape index (κ1) is 10.0. The van der Waals surface area contributed by atoms with Crippen molar-refractivity contribution in [1.82, 2.24) is 0 Å². The maximum atomic E-state index is 10.2. The zero-order valence-electron chi connectivity index (χ0n) is 8.21. The van der Waals surface area contributed by atoms with Crippen molar-refractivity contribution in [3.63, 3.8) is 0 Å². The van der Waals surface area contributed by atoms with Crippen LogP contribution in [-0.4, -0.2) is 16.7 Å². The third-order valence-corrected chi connectivity index (χ3v) is 3.06. The van der Waals surface area contributed by atoms with E-state index in [9.17, 15) is 5.11 Å². The summed E-state index contributed by atoms with van der Waals surface area (Å²) in [6.07, 6.45) is 5.32. The zero-order chi connectivity index (χ0) is 9.19. The van der Waals surface area contributed by atoms with Gasteiger partial charge in [-0.05, 0) is 18.8 Å². The van der Waals surface area contributed by atoms with Gasteiger partial charge in [0.1, 0.15) is 0 Å². The molecule has 1 unspecified atom stereocenters. The molecule has 0 aliphatic heterocycles. The van der Waals surface area contributed by atoms with E-state index in [2.05, 4.69) is 13.8 Å². The summed E-state index contributed by atoms with van der Waals surface area (Å²) in [4.78, 5) is 0. The second-order valence-electron chi connectivity index (χ2n) is 4.43. The highest BCUT2D eigenvalue weighted by Gasteiger charge is 2.36. The summed E-state index contributed by atoms with van der Waals surface area (Å²) in [5.41, 5.74) is 5.41. The van der Waals surface area contributed by atoms with Crippen molar-refractivity contribution in [2.24, 2.45) is 11.7 Å². The Labute approximate surface area is 75.2 Å². The van der Waals surface area contributed by atoms with Crippen LogP contribution in [0.2, 0.25) is 0 Å². The minimum Gasteiger partial charge on any atom is -0.388 e. The fourth-order valence-electron chi connectivity index (χ4n) is 2.12. The van der Waals surface area contributed by atoms with Crippen LogP contribution in [0.15, 0.2) is 0 Å². The monoisotopic (exact) mass is 171 g/mol. The van der Waals surface area contributed by atoms with E-state index in [0.29, 0.717) is 5.92 Å². The fraction of sp³-hybridized carbons (Fsp3) is 1.00. The van der Waals surface area contributed by atoms with Crippen LogP contribution in [0.5, 0.6) is 0 Å². The molecule has 0 heterocycles. The van der Waals surface area contributed by atoms with Crippen molar-refractivity contribution in [3.05, 3.63) is 0 Å². The zero-order valence-corrected chi connectivity index (χ0v) is 8.21. The standard InChI is InChI=1S/C10H21NO/c1-8(2)9(11)10(12)6-4-3-5-7-10/h8-9,12H,3-7,11H2,1-2H3. The molecule has 3 N–H and O–H groups in total. The minimum absolute atomic E-state index is 0.0437. The molecule has 0 radical (unpaired) electrons. The Kier molecular flexibility index (Phi) is 3.13. The Morgan fingerprint density at radius 3 is 2.08 bits per heavy atom. The number of nitrogens with two attached hydrogens (primary N) is 1. The quantitative estimate of drug-likeness (QED) is 0.664. The summed E-state index contributed by atoms with van der Waals surface area (Å²) in [6.45, 7) is 4.16. The minimum atomic E-state index is -0.563. The highest BCUT2D eigenvalue weighted by atomic mass is 16.3. The summed E-state index contributed by atoms with van der Waals surface area (Å²) in [7, 11) is 0. The lowest BCUT2D eigenvalue weighted by Gasteiger charge is -2.39. The second-order valence-corrected chi connectivity index (χ2v) is 4.43. The number of hydrogen-bond donors (Lipinski definition) is 2. The van der Waals surface area contributed by atoms with Crippen molar-refractivity contribution in [2.45, 2.75) is 57.6 Å². The molecule has 1 fully saturated rings. The highest BCUT2D eigenvalue weighted by molar-refractivity contribution is 4.93. The molecule has 1 aliphatic rings. The maximum absolute atomic E-state index is 10.2. The van der Waals surface area contributed by atoms with E-state index in [-0.39, 0.29) is 6.04 Å². The van der Waals surface area contributed by atoms with Crippen LogP contribution in [0.3, 0.4) is 0 Å². The van der Waals surface area contributed by atoms with Gasteiger partial charge in [0.05, 0.1) is 5.60 Å². The van der Waals surface area contributed by atoms with Crippen LogP contribution < -0.4 is 5.73 Å². The van der Waals surface area contributed by atoms with E-state index in [1.807, 2.05) is 0 Å². The van der Waals surface area contributed by atoms with Gasteiger partial charge >= 0.3 is 0 Å². The Morgan fingerprint density at radius 2 is 1.67 bits per heavy atom. The molecule has 72 valence electrons. The normalized spacial score (nSPS) is 25.8. The van der Waals surface area contributed by atoms with E-state index >= 15 is 0 Å². The predicted molar refractivity (Wildman–Crippen MR) is 50.8 cm³/mol. The molecule has 1 atom stereocenters.